The average molecular weight is 290 g/mol. The number of halogens is 1. The highest BCUT2D eigenvalue weighted by Crippen LogP contribution is 2.26. The number of ether oxygens (including phenoxy) is 1. The highest BCUT2D eigenvalue weighted by atomic mass is 35.5. The molecule has 0 unspecified atom stereocenters. The summed E-state index contributed by atoms with van der Waals surface area (Å²) in [6.45, 7) is 6.80. The topological polar surface area (TPSA) is 21.3 Å². The van der Waals surface area contributed by atoms with Crippen molar-refractivity contribution in [2.75, 3.05) is 5.32 Å². The van der Waals surface area contributed by atoms with Gasteiger partial charge in [-0.25, -0.2) is 0 Å². The molecule has 2 aromatic carbocycles. The molecule has 0 radical (unpaired) electrons. The van der Waals surface area contributed by atoms with Crippen LogP contribution < -0.4 is 10.1 Å². The molecular formula is C17H20ClNO. The van der Waals surface area contributed by atoms with E-state index >= 15 is 0 Å². The molecule has 0 saturated heterocycles. The van der Waals surface area contributed by atoms with Crippen LogP contribution in [0.5, 0.6) is 5.75 Å². The zero-order valence-electron chi connectivity index (χ0n) is 12.1. The molecule has 0 bridgehead atoms. The number of anilines is 1. The lowest BCUT2D eigenvalue weighted by Gasteiger charge is -2.13. The fourth-order valence-electron chi connectivity index (χ4n) is 1.88. The van der Waals surface area contributed by atoms with E-state index in [9.17, 15) is 0 Å². The second kappa shape index (κ2) is 6.67. The van der Waals surface area contributed by atoms with Gasteiger partial charge in [0, 0.05) is 12.2 Å². The van der Waals surface area contributed by atoms with Gasteiger partial charge in [-0.05, 0) is 50.6 Å². The minimum Gasteiger partial charge on any atom is -0.489 e. The second-order valence-corrected chi connectivity index (χ2v) is 5.56. The number of benzene rings is 2. The molecule has 0 aliphatic heterocycles. The van der Waals surface area contributed by atoms with E-state index in [0.29, 0.717) is 5.02 Å². The van der Waals surface area contributed by atoms with Crippen LogP contribution in [0.3, 0.4) is 0 Å². The normalized spacial score (nSPS) is 10.7. The van der Waals surface area contributed by atoms with Crippen molar-refractivity contribution in [1.82, 2.24) is 0 Å². The molecule has 0 heterocycles. The van der Waals surface area contributed by atoms with E-state index in [1.54, 1.807) is 0 Å². The van der Waals surface area contributed by atoms with Gasteiger partial charge in [-0.3, -0.25) is 0 Å². The lowest BCUT2D eigenvalue weighted by Crippen LogP contribution is -2.06. The highest BCUT2D eigenvalue weighted by molar-refractivity contribution is 6.32. The molecule has 3 heteroatoms. The molecule has 0 fully saturated rings. The van der Waals surface area contributed by atoms with Crippen LogP contribution in [0.2, 0.25) is 5.02 Å². The summed E-state index contributed by atoms with van der Waals surface area (Å²) < 4.78 is 5.62. The van der Waals surface area contributed by atoms with E-state index in [1.165, 1.54) is 5.56 Å². The van der Waals surface area contributed by atoms with E-state index < -0.39 is 0 Å². The molecule has 2 nitrogen and oxygen atoms in total. The molecule has 20 heavy (non-hydrogen) atoms. The van der Waals surface area contributed by atoms with Gasteiger partial charge in [0.1, 0.15) is 5.75 Å². The molecule has 0 saturated carbocycles. The first-order valence-corrected chi connectivity index (χ1v) is 7.18. The second-order valence-electron chi connectivity index (χ2n) is 5.15. The van der Waals surface area contributed by atoms with Crippen molar-refractivity contribution in [1.29, 1.82) is 0 Å². The lowest BCUT2D eigenvalue weighted by molar-refractivity contribution is 0.242. The Morgan fingerprint density at radius 3 is 2.40 bits per heavy atom. The Morgan fingerprint density at radius 2 is 1.80 bits per heavy atom. The minimum absolute atomic E-state index is 0.129. The van der Waals surface area contributed by atoms with Gasteiger partial charge in [0.25, 0.3) is 0 Å². The third-order valence-electron chi connectivity index (χ3n) is 2.91. The van der Waals surface area contributed by atoms with Gasteiger partial charge in [0.2, 0.25) is 0 Å². The summed E-state index contributed by atoms with van der Waals surface area (Å²) in [7, 11) is 0. The van der Waals surface area contributed by atoms with Crippen LogP contribution in [-0.2, 0) is 6.54 Å². The quantitative estimate of drug-likeness (QED) is 0.832. The third-order valence-corrected chi connectivity index (χ3v) is 3.20. The Kier molecular flexibility index (Phi) is 4.91. The van der Waals surface area contributed by atoms with Crippen LogP contribution >= 0.6 is 11.6 Å². The maximum atomic E-state index is 6.22. The van der Waals surface area contributed by atoms with Crippen molar-refractivity contribution in [3.8, 4) is 5.75 Å². The molecule has 0 amide bonds. The molecule has 106 valence electrons. The third kappa shape index (κ3) is 4.17. The van der Waals surface area contributed by atoms with Crippen LogP contribution in [0.15, 0.2) is 42.5 Å². The van der Waals surface area contributed by atoms with E-state index in [0.717, 1.165) is 23.5 Å². The maximum absolute atomic E-state index is 6.22. The Bertz CT molecular complexity index is 564. The fraction of sp³-hybridized carbons (Fsp3) is 0.294. The molecule has 0 atom stereocenters. The lowest BCUT2D eigenvalue weighted by atomic mass is 10.2. The Balaban J connectivity index is 1.99. The molecule has 1 N–H and O–H groups in total. The van der Waals surface area contributed by atoms with Gasteiger partial charge in [-0.2, -0.15) is 0 Å². The van der Waals surface area contributed by atoms with E-state index in [2.05, 4.69) is 36.5 Å². The first-order valence-electron chi connectivity index (χ1n) is 6.80. The summed E-state index contributed by atoms with van der Waals surface area (Å²) in [4.78, 5) is 0. The number of nitrogens with one attached hydrogen (secondary N) is 1. The Labute approximate surface area is 125 Å². The van der Waals surface area contributed by atoms with E-state index in [4.69, 9.17) is 16.3 Å². The van der Waals surface area contributed by atoms with Gasteiger partial charge < -0.3 is 10.1 Å². The Hall–Kier alpha value is -1.67. The average Bonchev–Trinajstić information content (AvgIpc) is 2.40. The van der Waals surface area contributed by atoms with Crippen LogP contribution in [0.25, 0.3) is 0 Å². The smallest absolute Gasteiger partial charge is 0.138 e. The standard InChI is InChI=1S/C17H20ClNO/c1-12(2)20-17-9-6-14(10-16(17)18)11-19-15-7-4-13(3)5-8-15/h4-10,12,19H,11H2,1-3H3. The molecule has 0 aliphatic rings. The molecule has 2 rings (SSSR count). The molecule has 0 aliphatic carbocycles. The van der Waals surface area contributed by atoms with Crippen molar-refractivity contribution >= 4 is 17.3 Å². The number of aryl methyl sites for hydroxylation is 1. The van der Waals surface area contributed by atoms with E-state index in [-0.39, 0.29) is 6.10 Å². The van der Waals surface area contributed by atoms with Crippen molar-refractivity contribution in [2.24, 2.45) is 0 Å². The monoisotopic (exact) mass is 289 g/mol. The van der Waals surface area contributed by atoms with Crippen LogP contribution in [0, 0.1) is 6.92 Å². The maximum Gasteiger partial charge on any atom is 0.138 e. The van der Waals surface area contributed by atoms with Gasteiger partial charge in [0.15, 0.2) is 0 Å². The van der Waals surface area contributed by atoms with E-state index in [1.807, 2.05) is 32.0 Å². The SMILES string of the molecule is Cc1ccc(NCc2ccc(OC(C)C)c(Cl)c2)cc1. The predicted molar refractivity (Wildman–Crippen MR) is 85.7 cm³/mol. The van der Waals surface area contributed by atoms with Crippen LogP contribution in [-0.4, -0.2) is 6.10 Å². The summed E-state index contributed by atoms with van der Waals surface area (Å²) in [5.74, 6) is 0.737. The molecular weight excluding hydrogens is 270 g/mol. The van der Waals surface area contributed by atoms with Gasteiger partial charge in [-0.1, -0.05) is 35.4 Å². The fourth-order valence-corrected chi connectivity index (χ4v) is 2.13. The summed E-state index contributed by atoms with van der Waals surface area (Å²) in [5, 5.41) is 4.03. The van der Waals surface area contributed by atoms with Crippen molar-refractivity contribution in [2.45, 2.75) is 33.4 Å². The van der Waals surface area contributed by atoms with Crippen LogP contribution in [0.1, 0.15) is 25.0 Å². The van der Waals surface area contributed by atoms with Gasteiger partial charge in [-0.15, -0.1) is 0 Å². The molecule has 2 aromatic rings. The van der Waals surface area contributed by atoms with Crippen molar-refractivity contribution < 1.29 is 4.74 Å². The summed E-state index contributed by atoms with van der Waals surface area (Å²) in [6, 6.07) is 14.2. The summed E-state index contributed by atoms with van der Waals surface area (Å²) in [6.07, 6.45) is 0.129. The first kappa shape index (κ1) is 14.7. The number of rotatable bonds is 5. The van der Waals surface area contributed by atoms with Gasteiger partial charge >= 0.3 is 0 Å². The van der Waals surface area contributed by atoms with Crippen molar-refractivity contribution in [3.63, 3.8) is 0 Å². The first-order chi connectivity index (χ1) is 9.54. The Morgan fingerprint density at radius 1 is 1.10 bits per heavy atom. The van der Waals surface area contributed by atoms with Crippen molar-refractivity contribution in [3.05, 3.63) is 58.6 Å². The zero-order chi connectivity index (χ0) is 14.5. The predicted octanol–water partition coefficient (Wildman–Crippen LogP) is 5.05. The largest absolute Gasteiger partial charge is 0.489 e. The molecule has 0 aromatic heterocycles. The van der Waals surface area contributed by atoms with Crippen LogP contribution in [0.4, 0.5) is 5.69 Å². The number of hydrogen-bond acceptors (Lipinski definition) is 2. The summed E-state index contributed by atoms with van der Waals surface area (Å²) in [5.41, 5.74) is 3.50. The zero-order valence-corrected chi connectivity index (χ0v) is 12.9. The molecule has 0 spiro atoms. The summed E-state index contributed by atoms with van der Waals surface area (Å²) >= 11 is 6.22. The highest BCUT2D eigenvalue weighted by Gasteiger charge is 2.05. The number of hydrogen-bond donors (Lipinski definition) is 1. The van der Waals surface area contributed by atoms with Gasteiger partial charge in [0.05, 0.1) is 11.1 Å². The minimum atomic E-state index is 0.129.